The van der Waals surface area contributed by atoms with Crippen LogP contribution in [-0.4, -0.2) is 64.7 Å². The maximum Gasteiger partial charge on any atom is 0.250 e. The fraction of sp³-hybridized carbons (Fsp3) is 0.667. The van der Waals surface area contributed by atoms with Gasteiger partial charge in [-0.1, -0.05) is 26.0 Å². The third-order valence-electron chi connectivity index (χ3n) is 8.22. The SMILES string of the molecule is CCCNC(=O)[C@H]1[C@H]2C(=O)N(CCCCO)C(C(=O)Nc3cc(C)ccc3C)C23CC[C@]1(CC)O3. The van der Waals surface area contributed by atoms with Crippen LogP contribution in [0.5, 0.6) is 0 Å². The van der Waals surface area contributed by atoms with Crippen molar-refractivity contribution in [1.82, 2.24) is 10.2 Å². The van der Waals surface area contributed by atoms with Gasteiger partial charge < -0.3 is 25.4 Å². The van der Waals surface area contributed by atoms with E-state index in [4.69, 9.17) is 4.74 Å². The van der Waals surface area contributed by atoms with Crippen LogP contribution in [0.3, 0.4) is 0 Å². The maximum atomic E-state index is 13.9. The molecule has 3 aliphatic rings. The molecule has 3 heterocycles. The minimum atomic E-state index is -1.03. The molecule has 2 bridgehead atoms. The number of carbonyl (C=O) groups is 3. The molecule has 0 radical (unpaired) electrons. The minimum Gasteiger partial charge on any atom is -0.396 e. The van der Waals surface area contributed by atoms with E-state index >= 15 is 0 Å². The van der Waals surface area contributed by atoms with Crippen molar-refractivity contribution < 1.29 is 24.2 Å². The Bertz CT molecular complexity index is 997. The summed E-state index contributed by atoms with van der Waals surface area (Å²) in [6, 6.07) is 5.06. The summed E-state index contributed by atoms with van der Waals surface area (Å²) in [5.74, 6) is -1.91. The summed E-state index contributed by atoms with van der Waals surface area (Å²) in [6.07, 6.45) is 3.73. The third-order valence-corrected chi connectivity index (χ3v) is 8.22. The van der Waals surface area contributed by atoms with Gasteiger partial charge in [-0.2, -0.15) is 0 Å². The standard InChI is InChI=1S/C27H39N3O5/c1-5-13-28-23(32)20-21-25(34)30(14-7-8-15-31)22(27(21)12-11-26(20,6-2)35-27)24(33)29-19-16-17(3)9-10-18(19)4/h9-10,16,20-22,31H,5-8,11-15H2,1-4H3,(H,28,32)(H,29,33)/t20-,21+,22?,26+,27?/m1/s1. The molecule has 8 nitrogen and oxygen atoms in total. The molecule has 3 saturated heterocycles. The van der Waals surface area contributed by atoms with Crippen LogP contribution in [0.15, 0.2) is 18.2 Å². The number of likely N-dealkylation sites (tertiary alicyclic amines) is 1. The molecular formula is C27H39N3O5. The molecule has 4 rings (SSSR count). The van der Waals surface area contributed by atoms with Crippen molar-refractivity contribution in [2.45, 2.75) is 83.5 Å². The number of hydrogen-bond acceptors (Lipinski definition) is 5. The molecule has 2 unspecified atom stereocenters. The second-order valence-electron chi connectivity index (χ2n) is 10.4. The van der Waals surface area contributed by atoms with E-state index in [2.05, 4.69) is 10.6 Å². The highest BCUT2D eigenvalue weighted by Gasteiger charge is 2.78. The molecule has 8 heteroatoms. The number of aliphatic hydroxyl groups excluding tert-OH is 1. The van der Waals surface area contributed by atoms with E-state index in [1.165, 1.54) is 0 Å². The number of fused-ring (bicyclic) bond motifs is 1. The topological polar surface area (TPSA) is 108 Å². The first-order valence-corrected chi connectivity index (χ1v) is 13.0. The quantitative estimate of drug-likeness (QED) is 0.442. The van der Waals surface area contributed by atoms with Crippen LogP contribution in [0.2, 0.25) is 0 Å². The molecular weight excluding hydrogens is 446 g/mol. The van der Waals surface area contributed by atoms with Gasteiger partial charge in [0.15, 0.2) is 0 Å². The largest absolute Gasteiger partial charge is 0.396 e. The molecule has 3 N–H and O–H groups in total. The Kier molecular flexibility index (Phi) is 7.25. The van der Waals surface area contributed by atoms with Crippen molar-refractivity contribution in [3.8, 4) is 0 Å². The van der Waals surface area contributed by atoms with Crippen LogP contribution in [0.25, 0.3) is 0 Å². The van der Waals surface area contributed by atoms with Gasteiger partial charge in [-0.05, 0) is 69.6 Å². The van der Waals surface area contributed by atoms with E-state index in [-0.39, 0.29) is 24.3 Å². The zero-order chi connectivity index (χ0) is 25.4. The number of amides is 3. The molecule has 1 aromatic rings. The summed E-state index contributed by atoms with van der Waals surface area (Å²) in [5.41, 5.74) is 0.926. The number of aliphatic hydroxyl groups is 1. The van der Waals surface area contributed by atoms with E-state index < -0.39 is 29.1 Å². The van der Waals surface area contributed by atoms with E-state index in [1.807, 2.05) is 45.9 Å². The van der Waals surface area contributed by atoms with Gasteiger partial charge in [0.2, 0.25) is 17.7 Å². The summed E-state index contributed by atoms with van der Waals surface area (Å²) < 4.78 is 6.73. The first-order valence-electron chi connectivity index (χ1n) is 13.0. The Hall–Kier alpha value is -2.45. The molecule has 1 aromatic carbocycles. The lowest BCUT2D eigenvalue weighted by atomic mass is 9.65. The highest BCUT2D eigenvalue weighted by molar-refractivity contribution is 6.04. The van der Waals surface area contributed by atoms with Crippen LogP contribution in [0, 0.1) is 25.7 Å². The van der Waals surface area contributed by atoms with Crippen molar-refractivity contribution in [2.75, 3.05) is 25.0 Å². The second-order valence-corrected chi connectivity index (χ2v) is 10.4. The average molecular weight is 486 g/mol. The number of benzene rings is 1. The van der Waals surface area contributed by atoms with Crippen molar-refractivity contribution in [3.63, 3.8) is 0 Å². The van der Waals surface area contributed by atoms with Gasteiger partial charge in [0, 0.05) is 25.4 Å². The fourth-order valence-corrected chi connectivity index (χ4v) is 6.48. The summed E-state index contributed by atoms with van der Waals surface area (Å²) >= 11 is 0. The lowest BCUT2D eigenvalue weighted by Crippen LogP contribution is -2.53. The number of nitrogens with one attached hydrogen (secondary N) is 2. The van der Waals surface area contributed by atoms with E-state index in [0.29, 0.717) is 50.9 Å². The van der Waals surface area contributed by atoms with Gasteiger partial charge in [0.05, 0.1) is 17.4 Å². The molecule has 3 amide bonds. The van der Waals surface area contributed by atoms with Crippen molar-refractivity contribution in [2.24, 2.45) is 11.8 Å². The summed E-state index contributed by atoms with van der Waals surface area (Å²) in [5, 5.41) is 15.4. The number of rotatable bonds is 10. The molecule has 3 aliphatic heterocycles. The second kappa shape index (κ2) is 9.90. The van der Waals surface area contributed by atoms with Crippen molar-refractivity contribution in [1.29, 1.82) is 0 Å². The molecule has 1 spiro atoms. The van der Waals surface area contributed by atoms with Gasteiger partial charge in [0.25, 0.3) is 0 Å². The molecule has 3 fully saturated rings. The molecule has 5 atom stereocenters. The van der Waals surface area contributed by atoms with Crippen LogP contribution < -0.4 is 10.6 Å². The number of unbranched alkanes of at least 4 members (excludes halogenated alkanes) is 1. The average Bonchev–Trinajstić information content (AvgIpc) is 3.44. The van der Waals surface area contributed by atoms with Crippen LogP contribution in [0.1, 0.15) is 63.5 Å². The zero-order valence-electron chi connectivity index (χ0n) is 21.4. The summed E-state index contributed by atoms with van der Waals surface area (Å²) in [6.45, 7) is 8.80. The molecule has 192 valence electrons. The monoisotopic (exact) mass is 485 g/mol. The molecule has 35 heavy (non-hydrogen) atoms. The highest BCUT2D eigenvalue weighted by Crippen LogP contribution is 2.64. The summed E-state index contributed by atoms with van der Waals surface area (Å²) in [7, 11) is 0. The number of hydrogen-bond donors (Lipinski definition) is 3. The fourth-order valence-electron chi connectivity index (χ4n) is 6.48. The number of ether oxygens (including phenoxy) is 1. The Morgan fingerprint density at radius 1 is 1.17 bits per heavy atom. The first-order chi connectivity index (χ1) is 16.7. The van der Waals surface area contributed by atoms with E-state index in [9.17, 15) is 19.5 Å². The predicted molar refractivity (Wildman–Crippen MR) is 133 cm³/mol. The van der Waals surface area contributed by atoms with Crippen molar-refractivity contribution >= 4 is 23.4 Å². The smallest absolute Gasteiger partial charge is 0.250 e. The van der Waals surface area contributed by atoms with Gasteiger partial charge >= 0.3 is 0 Å². The lowest BCUT2D eigenvalue weighted by molar-refractivity contribution is -0.146. The molecule has 0 aliphatic carbocycles. The van der Waals surface area contributed by atoms with Gasteiger partial charge in [-0.25, -0.2) is 0 Å². The Morgan fingerprint density at radius 3 is 2.63 bits per heavy atom. The number of anilines is 1. The minimum absolute atomic E-state index is 0.0213. The van der Waals surface area contributed by atoms with Gasteiger partial charge in [-0.3, -0.25) is 14.4 Å². The number of aryl methyl sites for hydroxylation is 2. The van der Waals surface area contributed by atoms with Crippen LogP contribution in [0.4, 0.5) is 5.69 Å². The van der Waals surface area contributed by atoms with Gasteiger partial charge in [0.1, 0.15) is 11.6 Å². The number of carbonyl (C=O) groups excluding carboxylic acids is 3. The normalized spacial score (nSPS) is 31.1. The van der Waals surface area contributed by atoms with Crippen LogP contribution in [-0.2, 0) is 19.1 Å². The molecule has 0 saturated carbocycles. The Morgan fingerprint density at radius 2 is 1.94 bits per heavy atom. The predicted octanol–water partition coefficient (Wildman–Crippen LogP) is 2.70. The molecule has 0 aromatic heterocycles. The van der Waals surface area contributed by atoms with Gasteiger partial charge in [-0.15, -0.1) is 0 Å². The third kappa shape index (κ3) is 4.14. The Labute approximate surface area is 207 Å². The summed E-state index contributed by atoms with van der Waals surface area (Å²) in [4.78, 5) is 42.8. The Balaban J connectivity index is 1.72. The van der Waals surface area contributed by atoms with E-state index in [1.54, 1.807) is 4.90 Å². The van der Waals surface area contributed by atoms with Crippen LogP contribution >= 0.6 is 0 Å². The maximum absolute atomic E-state index is 13.9. The lowest BCUT2D eigenvalue weighted by Gasteiger charge is -2.34. The first kappa shape index (κ1) is 25.6. The highest BCUT2D eigenvalue weighted by atomic mass is 16.5. The number of nitrogens with zero attached hydrogens (tertiary/aromatic N) is 1. The van der Waals surface area contributed by atoms with E-state index in [0.717, 1.165) is 17.5 Å². The van der Waals surface area contributed by atoms with Crippen molar-refractivity contribution in [3.05, 3.63) is 29.3 Å². The zero-order valence-corrected chi connectivity index (χ0v) is 21.4.